The predicted molar refractivity (Wildman–Crippen MR) is 138 cm³/mol. The fourth-order valence-corrected chi connectivity index (χ4v) is 10.1. The summed E-state index contributed by atoms with van der Waals surface area (Å²) in [4.78, 5) is 10.4. The Balaban J connectivity index is 0. The molecule has 3 heteroatoms. The van der Waals surface area contributed by atoms with Crippen LogP contribution in [-0.2, 0) is 4.79 Å². The normalized spacial score (nSPS) is 12.9. The van der Waals surface area contributed by atoms with E-state index in [2.05, 4.69) is 34.6 Å². The zero-order valence-corrected chi connectivity index (χ0v) is 22.2. The van der Waals surface area contributed by atoms with Crippen LogP contribution >= 0.6 is 7.26 Å². The van der Waals surface area contributed by atoms with Crippen LogP contribution < -0.4 is 0 Å². The third-order valence-corrected chi connectivity index (χ3v) is 12.1. The van der Waals surface area contributed by atoms with Crippen LogP contribution in [0.3, 0.4) is 0 Å². The van der Waals surface area contributed by atoms with E-state index < -0.39 is 13.2 Å². The molecule has 0 aromatic carbocycles. The number of hydrogen-bond acceptors (Lipinski definition) is 1. The molecule has 178 valence electrons. The van der Waals surface area contributed by atoms with Gasteiger partial charge in [0, 0.05) is 0 Å². The summed E-state index contributed by atoms with van der Waals surface area (Å²) >= 11 is 0. The Bertz CT molecular complexity index is 322. The summed E-state index contributed by atoms with van der Waals surface area (Å²) in [5.74, 6) is -0.754. The van der Waals surface area contributed by atoms with Crippen LogP contribution in [-0.4, -0.2) is 35.7 Å². The molecule has 2 nitrogen and oxygen atoms in total. The van der Waals surface area contributed by atoms with Crippen molar-refractivity contribution in [2.24, 2.45) is 5.92 Å². The van der Waals surface area contributed by atoms with Gasteiger partial charge in [-0.3, -0.25) is 4.79 Å². The van der Waals surface area contributed by atoms with Crippen molar-refractivity contribution in [3.05, 3.63) is 0 Å². The van der Waals surface area contributed by atoms with Gasteiger partial charge in [-0.15, -0.1) is 0 Å². The first-order chi connectivity index (χ1) is 14.0. The van der Waals surface area contributed by atoms with Gasteiger partial charge in [0.1, 0.15) is 0 Å². The molecule has 1 unspecified atom stereocenters. The SMILES string of the molecule is CCCCC(CC)C(=O)O.CCCCCC[PH](CCCC)(CCCC)CCCC. The van der Waals surface area contributed by atoms with Crippen molar-refractivity contribution in [2.75, 3.05) is 24.6 Å². The van der Waals surface area contributed by atoms with E-state index in [0.29, 0.717) is 0 Å². The van der Waals surface area contributed by atoms with Crippen molar-refractivity contribution in [2.45, 2.75) is 131 Å². The molecule has 0 rings (SSSR count). The number of aliphatic carboxylic acids is 1. The van der Waals surface area contributed by atoms with E-state index in [1.165, 1.54) is 64.2 Å². The van der Waals surface area contributed by atoms with E-state index in [-0.39, 0.29) is 5.92 Å². The fourth-order valence-electron chi connectivity index (χ4n) is 4.28. The molecule has 0 radical (unpaired) electrons. The van der Waals surface area contributed by atoms with Gasteiger partial charge in [-0.1, -0.05) is 26.7 Å². The predicted octanol–water partition coefficient (Wildman–Crippen LogP) is 9.00. The summed E-state index contributed by atoms with van der Waals surface area (Å²) in [6, 6.07) is 0. The molecular weight excluding hydrogens is 375 g/mol. The standard InChI is InChI=1S/C18H41P.C8H16O2/c1-5-9-13-14-18-19(15-10-6-2,16-11-7-3)17-12-8-4;1-3-5-6-7(4-2)8(9)10/h19H,5-18H2,1-4H3;7H,3-6H2,1-2H3,(H,9,10). The van der Waals surface area contributed by atoms with Gasteiger partial charge in [-0.2, -0.15) is 0 Å². The average molecular weight is 433 g/mol. The van der Waals surface area contributed by atoms with Crippen molar-refractivity contribution in [3.8, 4) is 0 Å². The summed E-state index contributed by atoms with van der Waals surface area (Å²) in [7, 11) is -0.908. The van der Waals surface area contributed by atoms with Gasteiger partial charge in [0.25, 0.3) is 0 Å². The van der Waals surface area contributed by atoms with Crippen molar-refractivity contribution in [3.63, 3.8) is 0 Å². The Morgan fingerprint density at radius 3 is 1.38 bits per heavy atom. The number of hydrogen-bond donors (Lipinski definition) is 1. The average Bonchev–Trinajstić information content (AvgIpc) is 2.72. The number of carboxylic acids is 1. The molecule has 1 N–H and O–H groups in total. The van der Waals surface area contributed by atoms with Gasteiger partial charge in [0.15, 0.2) is 0 Å². The second-order valence-electron chi connectivity index (χ2n) is 9.21. The molecule has 0 saturated heterocycles. The van der Waals surface area contributed by atoms with Crippen LogP contribution in [0.2, 0.25) is 0 Å². The molecule has 29 heavy (non-hydrogen) atoms. The van der Waals surface area contributed by atoms with Gasteiger partial charge in [0.05, 0.1) is 5.92 Å². The van der Waals surface area contributed by atoms with Crippen molar-refractivity contribution >= 4 is 13.2 Å². The number of unbranched alkanes of at least 4 members (excludes halogenated alkanes) is 7. The summed E-state index contributed by atoms with van der Waals surface area (Å²) < 4.78 is 0. The van der Waals surface area contributed by atoms with Crippen LogP contribution in [0.25, 0.3) is 0 Å². The molecule has 0 aliphatic heterocycles. The third kappa shape index (κ3) is 18.4. The Hall–Kier alpha value is -0.100. The Morgan fingerprint density at radius 1 is 0.621 bits per heavy atom. The van der Waals surface area contributed by atoms with Gasteiger partial charge >= 0.3 is 130 Å². The first-order valence-corrected chi connectivity index (χ1v) is 16.0. The summed E-state index contributed by atoms with van der Waals surface area (Å²) in [6.45, 7) is 13.4. The van der Waals surface area contributed by atoms with Gasteiger partial charge in [0.2, 0.25) is 0 Å². The molecule has 0 aromatic heterocycles. The maximum atomic E-state index is 10.4. The minimum atomic E-state index is -0.908. The maximum absolute atomic E-state index is 10.4. The summed E-state index contributed by atoms with van der Waals surface area (Å²) in [5.41, 5.74) is 0. The van der Waals surface area contributed by atoms with E-state index >= 15 is 0 Å². The molecule has 0 aliphatic rings. The van der Waals surface area contributed by atoms with Crippen LogP contribution in [0.4, 0.5) is 0 Å². The Kier molecular flexibility index (Phi) is 24.2. The van der Waals surface area contributed by atoms with E-state index in [0.717, 1.165) is 25.7 Å². The first kappa shape index (κ1) is 31.1. The van der Waals surface area contributed by atoms with Crippen LogP contribution in [0.15, 0.2) is 0 Å². The Morgan fingerprint density at radius 2 is 1.03 bits per heavy atom. The minimum absolute atomic E-state index is 0.111. The second-order valence-corrected chi connectivity index (χ2v) is 14.2. The van der Waals surface area contributed by atoms with Crippen molar-refractivity contribution in [1.82, 2.24) is 0 Å². The topological polar surface area (TPSA) is 37.3 Å². The quantitative estimate of drug-likeness (QED) is 0.163. The molecule has 0 fully saturated rings. The van der Waals surface area contributed by atoms with Crippen LogP contribution in [0, 0.1) is 5.92 Å². The Labute approximate surface area is 185 Å². The van der Waals surface area contributed by atoms with E-state index in [9.17, 15) is 4.79 Å². The number of rotatable bonds is 19. The molecular formula is C26H57O2P. The van der Waals surface area contributed by atoms with Crippen molar-refractivity contribution in [1.29, 1.82) is 0 Å². The van der Waals surface area contributed by atoms with Gasteiger partial charge in [-0.05, 0) is 12.8 Å². The first-order valence-electron chi connectivity index (χ1n) is 13.2. The van der Waals surface area contributed by atoms with Crippen LogP contribution in [0.1, 0.15) is 131 Å². The molecule has 0 aliphatic carbocycles. The molecule has 0 amide bonds. The molecule has 0 heterocycles. The zero-order valence-electron chi connectivity index (χ0n) is 21.2. The molecule has 0 aromatic rings. The second kappa shape index (κ2) is 22.6. The van der Waals surface area contributed by atoms with Gasteiger partial charge in [-0.25, -0.2) is 0 Å². The number of carbonyl (C=O) groups is 1. The van der Waals surface area contributed by atoms with E-state index in [4.69, 9.17) is 5.11 Å². The zero-order chi connectivity index (χ0) is 22.4. The fraction of sp³-hybridized carbons (Fsp3) is 0.962. The monoisotopic (exact) mass is 432 g/mol. The molecule has 1 atom stereocenters. The third-order valence-electron chi connectivity index (χ3n) is 6.49. The van der Waals surface area contributed by atoms with E-state index in [1.54, 1.807) is 24.6 Å². The van der Waals surface area contributed by atoms with E-state index in [1.807, 2.05) is 6.92 Å². The molecule has 0 saturated carbocycles. The summed E-state index contributed by atoms with van der Waals surface area (Å²) in [6.07, 6.45) is 24.9. The van der Waals surface area contributed by atoms with Crippen molar-refractivity contribution < 1.29 is 9.90 Å². The summed E-state index contributed by atoms with van der Waals surface area (Å²) in [5, 5.41) is 8.60. The molecule has 0 bridgehead atoms. The van der Waals surface area contributed by atoms with Crippen LogP contribution in [0.5, 0.6) is 0 Å². The number of carboxylic acid groups (broad SMARTS) is 1. The molecule has 0 spiro atoms. The van der Waals surface area contributed by atoms with Gasteiger partial charge < -0.3 is 5.11 Å².